The van der Waals surface area contributed by atoms with E-state index in [0.29, 0.717) is 33.7 Å². The van der Waals surface area contributed by atoms with Crippen LogP contribution in [0.4, 0.5) is 5.69 Å². The van der Waals surface area contributed by atoms with Crippen molar-refractivity contribution >= 4 is 51.6 Å². The summed E-state index contributed by atoms with van der Waals surface area (Å²) in [5, 5.41) is 6.08. The van der Waals surface area contributed by atoms with Crippen molar-refractivity contribution in [1.29, 1.82) is 0 Å². The van der Waals surface area contributed by atoms with Gasteiger partial charge in [0.15, 0.2) is 10.7 Å². The predicted molar refractivity (Wildman–Crippen MR) is 137 cm³/mol. The molecule has 0 radical (unpaired) electrons. The zero-order chi connectivity index (χ0) is 24.4. The van der Waals surface area contributed by atoms with Gasteiger partial charge < -0.3 is 19.2 Å². The van der Waals surface area contributed by atoms with Crippen molar-refractivity contribution in [2.45, 2.75) is 13.8 Å². The molecule has 2 N–H and O–H groups in total. The van der Waals surface area contributed by atoms with Gasteiger partial charge in [0.2, 0.25) is 5.89 Å². The topological polar surface area (TPSA) is 85.6 Å². The molecule has 1 heterocycles. The number of halogens is 1. The lowest BCUT2D eigenvalue weighted by Gasteiger charge is -2.15. The molecule has 7 nitrogen and oxygen atoms in total. The van der Waals surface area contributed by atoms with Gasteiger partial charge in [0.05, 0.1) is 24.9 Å². The number of methoxy groups -OCH3 is 2. The summed E-state index contributed by atoms with van der Waals surface area (Å²) < 4.78 is 16.6. The van der Waals surface area contributed by atoms with Crippen molar-refractivity contribution in [2.75, 3.05) is 19.5 Å². The number of aromatic nitrogens is 1. The van der Waals surface area contributed by atoms with Crippen LogP contribution in [0, 0.1) is 13.8 Å². The molecule has 4 aromatic rings. The van der Waals surface area contributed by atoms with Crippen LogP contribution >= 0.6 is 23.8 Å². The third-order valence-electron chi connectivity index (χ3n) is 5.16. The standard InChI is InChI=1S/C25H22ClN3O4S/c1-13-10-14(2)22-18(11-13)27-24(33-22)15-8-9-16(26)17(12-15)28-25(34)29-23(30)21-19(31-3)6-5-7-20(21)32-4/h5-12H,1-4H3,(H2,28,29,30,34). The van der Waals surface area contributed by atoms with Gasteiger partial charge >= 0.3 is 0 Å². The third-order valence-corrected chi connectivity index (χ3v) is 5.70. The molecule has 0 aliphatic heterocycles. The normalized spacial score (nSPS) is 10.7. The molecule has 3 aromatic carbocycles. The molecule has 0 fully saturated rings. The fourth-order valence-corrected chi connectivity index (χ4v) is 4.02. The molecule has 0 aliphatic rings. The molecule has 174 valence electrons. The summed E-state index contributed by atoms with van der Waals surface area (Å²) >= 11 is 11.7. The molecule has 0 saturated heterocycles. The van der Waals surface area contributed by atoms with E-state index in [2.05, 4.69) is 15.6 Å². The van der Waals surface area contributed by atoms with E-state index in [0.717, 1.165) is 22.2 Å². The number of carbonyl (C=O) groups is 1. The summed E-state index contributed by atoms with van der Waals surface area (Å²) in [7, 11) is 2.95. The van der Waals surface area contributed by atoms with Gasteiger partial charge in [-0.3, -0.25) is 10.1 Å². The van der Waals surface area contributed by atoms with Gasteiger partial charge in [0.1, 0.15) is 22.6 Å². The van der Waals surface area contributed by atoms with E-state index in [4.69, 9.17) is 37.7 Å². The molecule has 1 amide bonds. The van der Waals surface area contributed by atoms with Crippen LogP contribution < -0.4 is 20.1 Å². The molecular weight excluding hydrogens is 474 g/mol. The smallest absolute Gasteiger partial charge is 0.264 e. The lowest BCUT2D eigenvalue weighted by atomic mass is 10.1. The summed E-state index contributed by atoms with van der Waals surface area (Å²) in [6, 6.07) is 14.4. The quantitative estimate of drug-likeness (QED) is 0.333. The molecule has 0 unspecified atom stereocenters. The number of oxazole rings is 1. The van der Waals surface area contributed by atoms with Crippen LogP contribution in [0.15, 0.2) is 52.9 Å². The Morgan fingerprint density at radius 1 is 1.06 bits per heavy atom. The van der Waals surface area contributed by atoms with E-state index in [1.165, 1.54) is 14.2 Å². The molecule has 0 saturated carbocycles. The van der Waals surface area contributed by atoms with E-state index in [9.17, 15) is 4.79 Å². The molecule has 0 aliphatic carbocycles. The number of benzene rings is 3. The number of nitrogens with one attached hydrogen (secondary N) is 2. The number of hydrogen-bond acceptors (Lipinski definition) is 6. The van der Waals surface area contributed by atoms with Crippen molar-refractivity contribution in [1.82, 2.24) is 10.3 Å². The monoisotopic (exact) mass is 495 g/mol. The Morgan fingerprint density at radius 3 is 2.44 bits per heavy atom. The van der Waals surface area contributed by atoms with Gasteiger partial charge in [0, 0.05) is 5.56 Å². The van der Waals surface area contributed by atoms with Gasteiger partial charge in [-0.25, -0.2) is 4.98 Å². The van der Waals surface area contributed by atoms with Crippen LogP contribution in [0.3, 0.4) is 0 Å². The maximum atomic E-state index is 12.9. The second-order valence-electron chi connectivity index (χ2n) is 7.59. The Morgan fingerprint density at radius 2 is 1.76 bits per heavy atom. The molecule has 9 heteroatoms. The fraction of sp³-hybridized carbons (Fsp3) is 0.160. The first kappa shape index (κ1) is 23.5. The van der Waals surface area contributed by atoms with Crippen molar-refractivity contribution in [3.8, 4) is 23.0 Å². The highest BCUT2D eigenvalue weighted by Crippen LogP contribution is 2.32. The van der Waals surface area contributed by atoms with Crippen LogP contribution in [0.25, 0.3) is 22.6 Å². The van der Waals surface area contributed by atoms with E-state index >= 15 is 0 Å². The summed E-state index contributed by atoms with van der Waals surface area (Å²) in [6.45, 7) is 4.00. The number of rotatable bonds is 5. The van der Waals surface area contributed by atoms with Crippen molar-refractivity contribution < 1.29 is 18.7 Å². The number of thiocarbonyl (C=S) groups is 1. The number of carbonyl (C=O) groups excluding carboxylic acids is 1. The predicted octanol–water partition coefficient (Wildman–Crippen LogP) is 5.91. The average molecular weight is 496 g/mol. The molecule has 0 spiro atoms. The molecule has 4 rings (SSSR count). The Bertz CT molecular complexity index is 1390. The maximum Gasteiger partial charge on any atom is 0.264 e. The van der Waals surface area contributed by atoms with Gasteiger partial charge in [-0.1, -0.05) is 23.7 Å². The Kier molecular flexibility index (Phi) is 6.72. The van der Waals surface area contributed by atoms with Gasteiger partial charge in [-0.2, -0.15) is 0 Å². The van der Waals surface area contributed by atoms with E-state index in [1.807, 2.05) is 32.0 Å². The number of ether oxygens (including phenoxy) is 2. The van der Waals surface area contributed by atoms with Gasteiger partial charge in [0.25, 0.3) is 5.91 Å². The Hall–Kier alpha value is -3.62. The van der Waals surface area contributed by atoms with E-state index < -0.39 is 5.91 Å². The molecule has 1 aromatic heterocycles. The van der Waals surface area contributed by atoms with Crippen molar-refractivity contribution in [3.63, 3.8) is 0 Å². The van der Waals surface area contributed by atoms with Crippen LogP contribution in [-0.4, -0.2) is 30.2 Å². The molecular formula is C25H22ClN3O4S. The fourth-order valence-electron chi connectivity index (χ4n) is 3.65. The first-order chi connectivity index (χ1) is 16.3. The third kappa shape index (κ3) is 4.69. The number of nitrogens with zero attached hydrogens (tertiary/aromatic N) is 1. The van der Waals surface area contributed by atoms with Crippen LogP contribution in [0.2, 0.25) is 5.02 Å². The lowest BCUT2D eigenvalue weighted by molar-refractivity contribution is 0.0971. The minimum atomic E-state index is -0.483. The average Bonchev–Trinajstić information content (AvgIpc) is 3.24. The van der Waals surface area contributed by atoms with Crippen LogP contribution in [0.5, 0.6) is 11.5 Å². The van der Waals surface area contributed by atoms with Crippen LogP contribution in [-0.2, 0) is 0 Å². The Labute approximate surface area is 207 Å². The lowest BCUT2D eigenvalue weighted by Crippen LogP contribution is -2.34. The second kappa shape index (κ2) is 9.70. The highest BCUT2D eigenvalue weighted by Gasteiger charge is 2.20. The summed E-state index contributed by atoms with van der Waals surface area (Å²) in [4.78, 5) is 17.5. The highest BCUT2D eigenvalue weighted by atomic mass is 35.5. The van der Waals surface area contributed by atoms with Crippen LogP contribution in [0.1, 0.15) is 21.5 Å². The molecule has 34 heavy (non-hydrogen) atoms. The number of hydrogen-bond donors (Lipinski definition) is 2. The zero-order valence-electron chi connectivity index (χ0n) is 19.0. The van der Waals surface area contributed by atoms with E-state index in [1.54, 1.807) is 30.3 Å². The number of aryl methyl sites for hydroxylation is 2. The second-order valence-corrected chi connectivity index (χ2v) is 8.40. The largest absolute Gasteiger partial charge is 0.496 e. The van der Waals surface area contributed by atoms with Crippen molar-refractivity contribution in [3.05, 3.63) is 70.2 Å². The number of anilines is 1. The highest BCUT2D eigenvalue weighted by molar-refractivity contribution is 7.80. The molecule has 0 bridgehead atoms. The SMILES string of the molecule is COc1cccc(OC)c1C(=O)NC(=S)Nc1cc(-c2nc3cc(C)cc(C)c3o2)ccc1Cl. The minimum Gasteiger partial charge on any atom is -0.496 e. The van der Waals surface area contributed by atoms with E-state index in [-0.39, 0.29) is 10.7 Å². The van der Waals surface area contributed by atoms with Gasteiger partial charge in [-0.05, 0) is 73.6 Å². The number of fused-ring (bicyclic) bond motifs is 1. The Balaban J connectivity index is 1.57. The zero-order valence-corrected chi connectivity index (χ0v) is 20.6. The maximum absolute atomic E-state index is 12.9. The first-order valence-corrected chi connectivity index (χ1v) is 11.1. The number of amides is 1. The van der Waals surface area contributed by atoms with Gasteiger partial charge in [-0.15, -0.1) is 0 Å². The summed E-state index contributed by atoms with van der Waals surface area (Å²) in [5.74, 6) is 0.698. The summed E-state index contributed by atoms with van der Waals surface area (Å²) in [5.41, 5.74) is 5.07. The summed E-state index contributed by atoms with van der Waals surface area (Å²) in [6.07, 6.45) is 0. The molecule has 0 atom stereocenters. The first-order valence-electron chi connectivity index (χ1n) is 10.3. The van der Waals surface area contributed by atoms with Crippen molar-refractivity contribution in [2.24, 2.45) is 0 Å². The minimum absolute atomic E-state index is 0.0565.